The molecule has 2 aliphatic heterocycles. The maximum Gasteiger partial charge on any atom is 0.310 e. The summed E-state index contributed by atoms with van der Waals surface area (Å²) in [4.78, 5) is 25.7. The minimum absolute atomic E-state index is 0.0353. The third-order valence-electron chi connectivity index (χ3n) is 4.41. The van der Waals surface area contributed by atoms with Crippen LogP contribution in [0, 0.1) is 0 Å². The molecule has 2 aliphatic rings. The van der Waals surface area contributed by atoms with Crippen LogP contribution in [-0.2, 0) is 31.2 Å². The number of ketones is 1. The van der Waals surface area contributed by atoms with E-state index in [2.05, 4.69) is 0 Å². The summed E-state index contributed by atoms with van der Waals surface area (Å²) in [6.45, 7) is 0.901. The summed E-state index contributed by atoms with van der Waals surface area (Å²) in [6, 6.07) is 13.2. The highest BCUT2D eigenvalue weighted by Gasteiger charge is 2.22. The Morgan fingerprint density at radius 2 is 2.08 bits per heavy atom. The third-order valence-corrected chi connectivity index (χ3v) is 5.51. The lowest BCUT2D eigenvalue weighted by molar-refractivity contribution is -0.145. The number of benzene rings is 2. The predicted octanol–water partition coefficient (Wildman–Crippen LogP) is 2.98. The van der Waals surface area contributed by atoms with Crippen LogP contribution in [0.25, 0.3) is 0 Å². The molecule has 1 fully saturated rings. The molecule has 0 aliphatic carbocycles. The van der Waals surface area contributed by atoms with Crippen LogP contribution < -0.4 is 0 Å². The maximum atomic E-state index is 12.8. The Morgan fingerprint density at radius 1 is 1.19 bits per heavy atom. The van der Waals surface area contributed by atoms with Gasteiger partial charge in [-0.25, -0.2) is 0 Å². The zero-order valence-corrected chi connectivity index (χ0v) is 14.9. The molecule has 4 rings (SSSR count). The molecule has 5 nitrogen and oxygen atoms in total. The van der Waals surface area contributed by atoms with E-state index in [0.29, 0.717) is 12.2 Å². The predicted molar refractivity (Wildman–Crippen MR) is 96.2 cm³/mol. The molecular formula is C20H18O5S. The molecule has 2 heterocycles. The maximum absolute atomic E-state index is 12.8. The molecule has 0 spiro atoms. The third kappa shape index (κ3) is 3.67. The molecule has 0 saturated carbocycles. The normalized spacial score (nSPS) is 18.8. The fourth-order valence-electron chi connectivity index (χ4n) is 3.02. The number of hydrogen-bond acceptors (Lipinski definition) is 6. The van der Waals surface area contributed by atoms with Crippen LogP contribution in [0.1, 0.15) is 27.0 Å². The van der Waals surface area contributed by atoms with Crippen LogP contribution in [0.3, 0.4) is 0 Å². The highest BCUT2D eigenvalue weighted by atomic mass is 32.2. The van der Waals surface area contributed by atoms with Gasteiger partial charge in [-0.3, -0.25) is 9.59 Å². The van der Waals surface area contributed by atoms with E-state index in [9.17, 15) is 9.59 Å². The second kappa shape index (κ2) is 7.61. The Kier molecular flexibility index (Phi) is 5.06. The van der Waals surface area contributed by atoms with Gasteiger partial charge < -0.3 is 14.2 Å². The van der Waals surface area contributed by atoms with Crippen molar-refractivity contribution in [1.82, 2.24) is 0 Å². The van der Waals surface area contributed by atoms with Gasteiger partial charge in [0.15, 0.2) is 5.78 Å². The zero-order valence-electron chi connectivity index (χ0n) is 14.1. The number of fused-ring (bicyclic) bond motifs is 2. The largest absolute Gasteiger partial charge is 0.463 e. The molecule has 0 radical (unpaired) electrons. The van der Waals surface area contributed by atoms with Gasteiger partial charge in [0.05, 0.1) is 13.0 Å². The summed E-state index contributed by atoms with van der Waals surface area (Å²) in [7, 11) is 0. The number of carbonyl (C=O) groups excluding carboxylic acids is 2. The molecule has 1 unspecified atom stereocenters. The Hall–Kier alpha value is -2.15. The van der Waals surface area contributed by atoms with E-state index < -0.39 is 0 Å². The van der Waals surface area contributed by atoms with Gasteiger partial charge in [-0.1, -0.05) is 30.3 Å². The van der Waals surface area contributed by atoms with Crippen molar-refractivity contribution in [1.29, 1.82) is 0 Å². The van der Waals surface area contributed by atoms with Crippen molar-refractivity contribution in [3.05, 3.63) is 64.7 Å². The highest BCUT2D eigenvalue weighted by Crippen LogP contribution is 2.34. The molecule has 0 bridgehead atoms. The molecule has 1 atom stereocenters. The number of ether oxygens (including phenoxy) is 3. The standard InChI is InChI=1S/C20H18O5S/c21-19(24-10-15-9-23-12-25-15)8-13-5-6-17-18(7-13)26-11-14-3-1-2-4-16(14)20(17)22/h1-7,15H,8-12H2. The summed E-state index contributed by atoms with van der Waals surface area (Å²) in [5, 5.41) is 0. The Morgan fingerprint density at radius 3 is 2.92 bits per heavy atom. The molecule has 26 heavy (non-hydrogen) atoms. The van der Waals surface area contributed by atoms with E-state index >= 15 is 0 Å². The van der Waals surface area contributed by atoms with Gasteiger partial charge in [0, 0.05) is 21.8 Å². The molecule has 0 N–H and O–H groups in total. The summed E-state index contributed by atoms with van der Waals surface area (Å²) in [5.74, 6) is 0.462. The quantitative estimate of drug-likeness (QED) is 0.771. The average Bonchev–Trinajstić information content (AvgIpc) is 3.14. The average molecular weight is 370 g/mol. The fraction of sp³-hybridized carbons (Fsp3) is 0.300. The second-order valence-electron chi connectivity index (χ2n) is 6.24. The molecule has 0 aromatic heterocycles. The first-order valence-electron chi connectivity index (χ1n) is 8.44. The number of esters is 1. The van der Waals surface area contributed by atoms with E-state index in [1.807, 2.05) is 42.5 Å². The molecule has 2 aromatic carbocycles. The lowest BCUT2D eigenvalue weighted by Crippen LogP contribution is -2.21. The van der Waals surface area contributed by atoms with E-state index in [1.54, 1.807) is 11.8 Å². The van der Waals surface area contributed by atoms with Crippen LogP contribution in [-0.4, -0.2) is 37.9 Å². The van der Waals surface area contributed by atoms with Gasteiger partial charge in [0.2, 0.25) is 0 Å². The first kappa shape index (κ1) is 17.3. The zero-order chi connectivity index (χ0) is 17.9. The minimum Gasteiger partial charge on any atom is -0.463 e. The van der Waals surface area contributed by atoms with Crippen molar-refractivity contribution >= 4 is 23.5 Å². The number of carbonyl (C=O) groups is 2. The Bertz CT molecular complexity index is 842. The monoisotopic (exact) mass is 370 g/mol. The first-order valence-corrected chi connectivity index (χ1v) is 9.42. The van der Waals surface area contributed by atoms with Gasteiger partial charge in [0.25, 0.3) is 0 Å². The van der Waals surface area contributed by atoms with Gasteiger partial charge in [0.1, 0.15) is 19.5 Å². The second-order valence-corrected chi connectivity index (χ2v) is 7.26. The smallest absolute Gasteiger partial charge is 0.310 e. The first-order chi connectivity index (χ1) is 12.7. The van der Waals surface area contributed by atoms with Crippen molar-refractivity contribution in [3.63, 3.8) is 0 Å². The summed E-state index contributed by atoms with van der Waals surface area (Å²) < 4.78 is 15.6. The van der Waals surface area contributed by atoms with Crippen molar-refractivity contribution in [2.45, 2.75) is 23.2 Å². The van der Waals surface area contributed by atoms with Crippen LogP contribution >= 0.6 is 11.8 Å². The van der Waals surface area contributed by atoms with Crippen LogP contribution in [0.15, 0.2) is 47.4 Å². The van der Waals surface area contributed by atoms with E-state index in [4.69, 9.17) is 14.2 Å². The minimum atomic E-state index is -0.311. The van der Waals surface area contributed by atoms with E-state index in [-0.39, 0.29) is 37.7 Å². The molecule has 134 valence electrons. The highest BCUT2D eigenvalue weighted by molar-refractivity contribution is 7.98. The SMILES string of the molecule is O=C(Cc1ccc2c(c1)SCc1ccccc1C2=O)OCC1COCO1. The topological polar surface area (TPSA) is 61.8 Å². The van der Waals surface area contributed by atoms with Gasteiger partial charge in [-0.2, -0.15) is 0 Å². The van der Waals surface area contributed by atoms with Crippen LogP contribution in [0.2, 0.25) is 0 Å². The summed E-state index contributed by atoms with van der Waals surface area (Å²) in [6.07, 6.45) is -0.0135. The summed E-state index contributed by atoms with van der Waals surface area (Å²) >= 11 is 1.62. The van der Waals surface area contributed by atoms with Crippen molar-refractivity contribution in [3.8, 4) is 0 Å². The number of hydrogen-bond donors (Lipinski definition) is 0. The number of thioether (sulfide) groups is 1. The molecular weight excluding hydrogens is 352 g/mol. The lowest BCUT2D eigenvalue weighted by Gasteiger charge is -2.10. The van der Waals surface area contributed by atoms with Crippen LogP contribution in [0.4, 0.5) is 0 Å². The van der Waals surface area contributed by atoms with Crippen molar-refractivity contribution in [2.24, 2.45) is 0 Å². The molecule has 0 amide bonds. The number of rotatable bonds is 4. The van der Waals surface area contributed by atoms with Gasteiger partial charge in [-0.15, -0.1) is 11.8 Å². The summed E-state index contributed by atoms with van der Waals surface area (Å²) in [5.41, 5.74) is 3.32. The Balaban J connectivity index is 1.46. The molecule has 6 heteroatoms. The van der Waals surface area contributed by atoms with E-state index in [0.717, 1.165) is 27.3 Å². The van der Waals surface area contributed by atoms with Gasteiger partial charge in [-0.05, 0) is 23.3 Å². The van der Waals surface area contributed by atoms with Crippen LogP contribution in [0.5, 0.6) is 0 Å². The fourth-order valence-corrected chi connectivity index (χ4v) is 4.14. The van der Waals surface area contributed by atoms with E-state index in [1.165, 1.54) is 0 Å². The van der Waals surface area contributed by atoms with Crippen molar-refractivity contribution in [2.75, 3.05) is 20.0 Å². The van der Waals surface area contributed by atoms with Gasteiger partial charge >= 0.3 is 5.97 Å². The van der Waals surface area contributed by atoms with Crippen molar-refractivity contribution < 1.29 is 23.8 Å². The lowest BCUT2D eigenvalue weighted by atomic mass is 9.98. The Labute approximate surface area is 155 Å². The molecule has 1 saturated heterocycles. The molecule has 2 aromatic rings.